The molecule has 0 N–H and O–H groups in total. The van der Waals surface area contributed by atoms with Crippen LogP contribution in [-0.2, 0) is 4.79 Å². The van der Waals surface area contributed by atoms with Gasteiger partial charge >= 0.3 is 0 Å². The summed E-state index contributed by atoms with van der Waals surface area (Å²) in [5, 5.41) is 12.2. The van der Waals surface area contributed by atoms with Crippen molar-refractivity contribution in [2.24, 2.45) is 0 Å². The second-order valence-corrected chi connectivity index (χ2v) is 12.6. The first-order valence-corrected chi connectivity index (χ1v) is 12.2. The van der Waals surface area contributed by atoms with Gasteiger partial charge in [-0.2, -0.15) is 0 Å². The minimum atomic E-state index is -1.74. The number of ketones is 1. The van der Waals surface area contributed by atoms with Gasteiger partial charge in [-0.25, -0.2) is 0 Å². The van der Waals surface area contributed by atoms with Crippen molar-refractivity contribution < 1.29 is 9.72 Å². The molecule has 2 rings (SSSR count). The van der Waals surface area contributed by atoms with Crippen molar-refractivity contribution in [3.8, 4) is 0 Å². The van der Waals surface area contributed by atoms with E-state index >= 15 is 0 Å². The monoisotopic (exact) mass is 367 g/mol. The summed E-state index contributed by atoms with van der Waals surface area (Å²) < 4.78 is 0. The Morgan fingerprint density at radius 1 is 1.08 bits per heavy atom. The highest BCUT2D eigenvalue weighted by Crippen LogP contribution is 2.36. The Hall–Kier alpha value is -2.53. The van der Waals surface area contributed by atoms with Crippen LogP contribution in [0.1, 0.15) is 30.4 Å². The standard InChI is InChI=1S/C21H25NO3Si/c1-16(23)14-20(18-10-12-19(13-11-18)22(24)25)21(26(2,3)4)15-17-8-6-5-7-9-17/h5-13,15,20H,14H2,1-4H3/b21-15-. The van der Waals surface area contributed by atoms with Gasteiger partial charge in [0.2, 0.25) is 0 Å². The number of carbonyl (C=O) groups excluding carboxylic acids is 1. The van der Waals surface area contributed by atoms with Crippen molar-refractivity contribution in [1.82, 2.24) is 0 Å². The lowest BCUT2D eigenvalue weighted by atomic mass is 9.92. The number of carbonyl (C=O) groups is 1. The van der Waals surface area contributed by atoms with E-state index in [9.17, 15) is 14.9 Å². The van der Waals surface area contributed by atoms with E-state index in [1.54, 1.807) is 19.1 Å². The molecule has 0 bridgehead atoms. The smallest absolute Gasteiger partial charge is 0.269 e. The largest absolute Gasteiger partial charge is 0.300 e. The normalized spacial score (nSPS) is 13.3. The van der Waals surface area contributed by atoms with Gasteiger partial charge in [0, 0.05) is 24.5 Å². The molecule has 2 aromatic carbocycles. The van der Waals surface area contributed by atoms with Crippen molar-refractivity contribution in [2.75, 3.05) is 0 Å². The molecule has 0 spiro atoms. The van der Waals surface area contributed by atoms with E-state index in [0.717, 1.165) is 11.1 Å². The molecule has 1 atom stereocenters. The van der Waals surface area contributed by atoms with E-state index in [-0.39, 0.29) is 17.4 Å². The lowest BCUT2D eigenvalue weighted by molar-refractivity contribution is -0.384. The molecule has 0 aliphatic heterocycles. The average molecular weight is 368 g/mol. The number of nitro benzene ring substituents is 1. The zero-order chi connectivity index (χ0) is 19.3. The predicted molar refractivity (Wildman–Crippen MR) is 109 cm³/mol. The van der Waals surface area contributed by atoms with Crippen LogP contribution in [0.5, 0.6) is 0 Å². The molecule has 1 unspecified atom stereocenters. The second kappa shape index (κ2) is 8.23. The number of non-ortho nitro benzene ring substituents is 1. The topological polar surface area (TPSA) is 60.2 Å². The van der Waals surface area contributed by atoms with Crippen molar-refractivity contribution in [1.29, 1.82) is 0 Å². The van der Waals surface area contributed by atoms with E-state index in [1.165, 1.54) is 17.3 Å². The first-order chi connectivity index (χ1) is 12.2. The number of hydrogen-bond acceptors (Lipinski definition) is 3. The third-order valence-corrected chi connectivity index (χ3v) is 6.59. The first kappa shape index (κ1) is 19.8. The summed E-state index contributed by atoms with van der Waals surface area (Å²) in [6.45, 7) is 8.39. The van der Waals surface area contributed by atoms with E-state index < -0.39 is 13.0 Å². The Morgan fingerprint density at radius 2 is 1.65 bits per heavy atom. The molecular weight excluding hydrogens is 342 g/mol. The highest BCUT2D eigenvalue weighted by molar-refractivity contribution is 6.84. The van der Waals surface area contributed by atoms with Gasteiger partial charge in [0.1, 0.15) is 5.78 Å². The molecule has 0 fully saturated rings. The summed E-state index contributed by atoms with van der Waals surface area (Å²) in [6.07, 6.45) is 2.60. The quantitative estimate of drug-likeness (QED) is 0.362. The average Bonchev–Trinajstić information content (AvgIpc) is 2.58. The lowest BCUT2D eigenvalue weighted by Crippen LogP contribution is -2.29. The van der Waals surface area contributed by atoms with Gasteiger partial charge in [0.15, 0.2) is 0 Å². The van der Waals surface area contributed by atoms with Crippen LogP contribution in [0.25, 0.3) is 6.08 Å². The number of hydrogen-bond donors (Lipinski definition) is 0. The van der Waals surface area contributed by atoms with Gasteiger partial charge in [-0.3, -0.25) is 14.9 Å². The maximum atomic E-state index is 12.0. The molecule has 0 aliphatic rings. The van der Waals surface area contributed by atoms with Gasteiger partial charge in [0.25, 0.3) is 5.69 Å². The Morgan fingerprint density at radius 3 is 2.12 bits per heavy atom. The number of benzene rings is 2. The first-order valence-electron chi connectivity index (χ1n) is 8.69. The van der Waals surface area contributed by atoms with Crippen LogP contribution in [0.2, 0.25) is 19.6 Å². The van der Waals surface area contributed by atoms with E-state index in [2.05, 4.69) is 37.8 Å². The number of rotatable bonds is 7. The summed E-state index contributed by atoms with van der Waals surface area (Å²) in [6, 6.07) is 16.7. The van der Waals surface area contributed by atoms with Gasteiger partial charge in [-0.15, -0.1) is 0 Å². The van der Waals surface area contributed by atoms with Crippen LogP contribution in [0.15, 0.2) is 59.8 Å². The fourth-order valence-electron chi connectivity index (χ4n) is 3.09. The van der Waals surface area contributed by atoms with Crippen LogP contribution in [0.3, 0.4) is 0 Å². The van der Waals surface area contributed by atoms with E-state index in [4.69, 9.17) is 0 Å². The van der Waals surface area contributed by atoms with Crippen LogP contribution in [-0.4, -0.2) is 18.8 Å². The van der Waals surface area contributed by atoms with Crippen LogP contribution in [0, 0.1) is 10.1 Å². The molecule has 0 aliphatic carbocycles. The van der Waals surface area contributed by atoms with Crippen molar-refractivity contribution >= 4 is 25.6 Å². The zero-order valence-electron chi connectivity index (χ0n) is 15.7. The highest BCUT2D eigenvalue weighted by atomic mass is 28.3. The number of nitro groups is 1. The molecule has 5 heteroatoms. The second-order valence-electron chi connectivity index (χ2n) is 7.57. The summed E-state index contributed by atoms with van der Waals surface area (Å²) in [5.74, 6) is 0.0609. The number of nitrogens with zero attached hydrogens (tertiary/aromatic N) is 1. The third kappa shape index (κ3) is 5.23. The number of allylic oxidation sites excluding steroid dienone is 1. The molecule has 4 nitrogen and oxygen atoms in total. The minimum Gasteiger partial charge on any atom is -0.300 e. The Kier molecular flexibility index (Phi) is 6.26. The summed E-state index contributed by atoms with van der Waals surface area (Å²) in [4.78, 5) is 22.5. The van der Waals surface area contributed by atoms with Gasteiger partial charge < -0.3 is 0 Å². The van der Waals surface area contributed by atoms with Crippen molar-refractivity contribution in [3.05, 3.63) is 81.0 Å². The summed E-state index contributed by atoms with van der Waals surface area (Å²) >= 11 is 0. The molecular formula is C21H25NO3Si. The minimum absolute atomic E-state index is 0.0554. The van der Waals surface area contributed by atoms with Gasteiger partial charge in [-0.05, 0) is 18.1 Å². The third-order valence-electron chi connectivity index (χ3n) is 4.36. The zero-order valence-corrected chi connectivity index (χ0v) is 16.7. The fourth-order valence-corrected chi connectivity index (χ4v) is 5.01. The Balaban J connectivity index is 2.55. The molecule has 0 radical (unpaired) electrons. The number of Topliss-reactive ketones (excluding diaryl/α,β-unsaturated/α-hetero) is 1. The van der Waals surface area contributed by atoms with Gasteiger partial charge in [-0.1, -0.05) is 73.4 Å². The molecule has 26 heavy (non-hydrogen) atoms. The molecule has 0 aromatic heterocycles. The predicted octanol–water partition coefficient (Wildman–Crippen LogP) is 5.62. The molecule has 2 aromatic rings. The van der Waals surface area contributed by atoms with E-state index in [1.807, 2.05) is 18.2 Å². The summed E-state index contributed by atoms with van der Waals surface area (Å²) in [7, 11) is -1.74. The van der Waals surface area contributed by atoms with Gasteiger partial charge in [0.05, 0.1) is 13.0 Å². The van der Waals surface area contributed by atoms with Crippen molar-refractivity contribution in [2.45, 2.75) is 38.9 Å². The fraction of sp³-hybridized carbons (Fsp3) is 0.286. The molecule has 0 amide bonds. The molecule has 0 saturated heterocycles. The molecule has 136 valence electrons. The maximum Gasteiger partial charge on any atom is 0.269 e. The van der Waals surface area contributed by atoms with Crippen LogP contribution >= 0.6 is 0 Å². The summed E-state index contributed by atoms with van der Waals surface area (Å²) in [5.41, 5.74) is 2.13. The van der Waals surface area contributed by atoms with Crippen molar-refractivity contribution in [3.63, 3.8) is 0 Å². The SMILES string of the molecule is CC(=O)CC(/C(=C/c1ccccc1)[Si](C)(C)C)c1ccc([N+](=O)[O-])cc1. The highest BCUT2D eigenvalue weighted by Gasteiger charge is 2.29. The Bertz CT molecular complexity index is 805. The Labute approximate surface area is 155 Å². The van der Waals surface area contributed by atoms with Crippen LogP contribution < -0.4 is 0 Å². The lowest BCUT2D eigenvalue weighted by Gasteiger charge is -2.29. The van der Waals surface area contributed by atoms with E-state index in [0.29, 0.717) is 6.42 Å². The maximum absolute atomic E-state index is 12.0. The van der Waals surface area contributed by atoms with Crippen LogP contribution in [0.4, 0.5) is 5.69 Å². The molecule has 0 heterocycles. The molecule has 0 saturated carbocycles.